The van der Waals surface area contributed by atoms with Crippen LogP contribution in [0.1, 0.15) is 19.8 Å². The normalized spacial score (nSPS) is 11.3. The zero-order chi connectivity index (χ0) is 14.3. The molecule has 0 bridgehead atoms. The van der Waals surface area contributed by atoms with Gasteiger partial charge in [-0.25, -0.2) is 13.6 Å². The number of carbonyl (C=O) groups is 1. The van der Waals surface area contributed by atoms with E-state index in [1.165, 1.54) is 12.1 Å². The third-order valence-corrected chi connectivity index (χ3v) is 3.33. The van der Waals surface area contributed by atoms with Gasteiger partial charge in [-0.1, -0.05) is 12.1 Å². The molecule has 0 saturated heterocycles. The molecule has 0 heterocycles. The van der Waals surface area contributed by atoms with Crippen LogP contribution in [0.5, 0.6) is 0 Å². The number of primary sulfonamides is 1. The molecule has 0 fully saturated rings. The van der Waals surface area contributed by atoms with Gasteiger partial charge < -0.3 is 10.1 Å². The molecule has 1 aromatic carbocycles. The highest BCUT2D eigenvalue weighted by atomic mass is 32.2. The molecule has 0 unspecified atom stereocenters. The van der Waals surface area contributed by atoms with Crippen LogP contribution >= 0.6 is 0 Å². The van der Waals surface area contributed by atoms with Crippen LogP contribution in [0.25, 0.3) is 0 Å². The standard InChI is InChI=1S/C12H18N2O4S/c1-2-18-9-5-8-12(15)14-10-6-3-4-7-11(10)19(13,16)17/h3-4,6-7H,2,5,8-9H2,1H3,(H,14,15)(H2,13,16,17). The molecule has 0 aliphatic heterocycles. The minimum atomic E-state index is -3.85. The molecule has 106 valence electrons. The number of nitrogens with two attached hydrogens (primary N) is 1. The van der Waals surface area contributed by atoms with Crippen LogP contribution in [0, 0.1) is 0 Å². The minimum Gasteiger partial charge on any atom is -0.382 e. The van der Waals surface area contributed by atoms with Crippen LogP contribution in [0.3, 0.4) is 0 Å². The molecular formula is C12H18N2O4S. The van der Waals surface area contributed by atoms with Gasteiger partial charge in [-0.15, -0.1) is 0 Å². The van der Waals surface area contributed by atoms with Crippen molar-refractivity contribution < 1.29 is 17.9 Å². The molecule has 0 aliphatic rings. The third-order valence-electron chi connectivity index (χ3n) is 2.36. The van der Waals surface area contributed by atoms with Crippen molar-refractivity contribution in [2.45, 2.75) is 24.7 Å². The summed E-state index contributed by atoms with van der Waals surface area (Å²) in [7, 11) is -3.85. The Hall–Kier alpha value is -1.44. The largest absolute Gasteiger partial charge is 0.382 e. The zero-order valence-corrected chi connectivity index (χ0v) is 11.6. The second-order valence-electron chi connectivity index (χ2n) is 3.89. The van der Waals surface area contributed by atoms with Crippen LogP contribution in [0.15, 0.2) is 29.2 Å². The number of rotatable bonds is 7. The summed E-state index contributed by atoms with van der Waals surface area (Å²) in [4.78, 5) is 11.6. The highest BCUT2D eigenvalue weighted by molar-refractivity contribution is 7.89. The molecule has 0 radical (unpaired) electrons. The summed E-state index contributed by atoms with van der Waals surface area (Å²) in [6.45, 7) is 2.99. The Morgan fingerprint density at radius 1 is 1.37 bits per heavy atom. The molecule has 0 atom stereocenters. The fraction of sp³-hybridized carbons (Fsp3) is 0.417. The van der Waals surface area contributed by atoms with E-state index in [2.05, 4.69) is 5.32 Å². The van der Waals surface area contributed by atoms with E-state index >= 15 is 0 Å². The Morgan fingerprint density at radius 2 is 2.05 bits per heavy atom. The molecule has 0 spiro atoms. The van der Waals surface area contributed by atoms with Crippen LogP contribution < -0.4 is 10.5 Å². The molecule has 1 rings (SSSR count). The Balaban J connectivity index is 2.65. The first-order valence-corrected chi connectivity index (χ1v) is 7.49. The molecule has 1 aromatic rings. The lowest BCUT2D eigenvalue weighted by atomic mass is 10.2. The number of para-hydroxylation sites is 1. The summed E-state index contributed by atoms with van der Waals surface area (Å²) in [5, 5.41) is 7.61. The molecule has 7 heteroatoms. The van der Waals surface area contributed by atoms with E-state index in [0.717, 1.165) is 0 Å². The molecular weight excluding hydrogens is 268 g/mol. The Kier molecular flexibility index (Phi) is 5.94. The Morgan fingerprint density at radius 3 is 2.68 bits per heavy atom. The van der Waals surface area contributed by atoms with Crippen LogP contribution in [-0.2, 0) is 19.6 Å². The fourth-order valence-corrected chi connectivity index (χ4v) is 2.20. The van der Waals surface area contributed by atoms with E-state index in [4.69, 9.17) is 9.88 Å². The Labute approximate surface area is 113 Å². The van der Waals surface area contributed by atoms with Crippen molar-refractivity contribution in [1.29, 1.82) is 0 Å². The predicted octanol–water partition coefficient (Wildman–Crippen LogP) is 1.09. The van der Waals surface area contributed by atoms with Crippen LogP contribution in [0.2, 0.25) is 0 Å². The van der Waals surface area contributed by atoms with Gasteiger partial charge in [0.05, 0.1) is 5.69 Å². The predicted molar refractivity (Wildman–Crippen MR) is 72.2 cm³/mol. The first kappa shape index (κ1) is 15.6. The van der Waals surface area contributed by atoms with E-state index in [1.807, 2.05) is 6.92 Å². The molecule has 0 aromatic heterocycles. The second kappa shape index (κ2) is 7.22. The number of carbonyl (C=O) groups excluding carboxylic acids is 1. The van der Waals surface area contributed by atoms with Crippen molar-refractivity contribution in [3.8, 4) is 0 Å². The lowest BCUT2D eigenvalue weighted by Crippen LogP contribution is -2.18. The van der Waals surface area contributed by atoms with Crippen LogP contribution in [0.4, 0.5) is 5.69 Å². The monoisotopic (exact) mass is 286 g/mol. The zero-order valence-electron chi connectivity index (χ0n) is 10.8. The van der Waals surface area contributed by atoms with Gasteiger partial charge in [-0.05, 0) is 25.5 Å². The highest BCUT2D eigenvalue weighted by Crippen LogP contribution is 2.19. The molecule has 6 nitrogen and oxygen atoms in total. The summed E-state index contributed by atoms with van der Waals surface area (Å²) in [5.41, 5.74) is 0.200. The lowest BCUT2D eigenvalue weighted by molar-refractivity contribution is -0.116. The number of ether oxygens (including phenoxy) is 1. The quantitative estimate of drug-likeness (QED) is 0.733. The number of hydrogen-bond donors (Lipinski definition) is 2. The molecule has 1 amide bonds. The van der Waals surface area contributed by atoms with Gasteiger partial charge in [0.25, 0.3) is 0 Å². The van der Waals surface area contributed by atoms with Gasteiger partial charge in [0, 0.05) is 19.6 Å². The summed E-state index contributed by atoms with van der Waals surface area (Å²) < 4.78 is 27.8. The summed E-state index contributed by atoms with van der Waals surface area (Å²) in [6.07, 6.45) is 0.843. The van der Waals surface area contributed by atoms with Gasteiger partial charge >= 0.3 is 0 Å². The fourth-order valence-electron chi connectivity index (χ4n) is 1.51. The van der Waals surface area contributed by atoms with E-state index in [-0.39, 0.29) is 22.9 Å². The number of hydrogen-bond acceptors (Lipinski definition) is 4. The molecule has 0 aliphatic carbocycles. The molecule has 19 heavy (non-hydrogen) atoms. The maximum Gasteiger partial charge on any atom is 0.240 e. The van der Waals surface area contributed by atoms with E-state index in [1.54, 1.807) is 12.1 Å². The molecule has 3 N–H and O–H groups in total. The minimum absolute atomic E-state index is 0.0897. The van der Waals surface area contributed by atoms with E-state index in [0.29, 0.717) is 19.6 Å². The average molecular weight is 286 g/mol. The second-order valence-corrected chi connectivity index (χ2v) is 5.42. The topological polar surface area (TPSA) is 98.5 Å². The summed E-state index contributed by atoms with van der Waals surface area (Å²) >= 11 is 0. The van der Waals surface area contributed by atoms with Crippen molar-refractivity contribution in [2.24, 2.45) is 5.14 Å². The number of benzene rings is 1. The highest BCUT2D eigenvalue weighted by Gasteiger charge is 2.14. The Bertz CT molecular complexity index is 528. The van der Waals surface area contributed by atoms with Gasteiger partial charge in [0.1, 0.15) is 4.90 Å². The van der Waals surface area contributed by atoms with E-state index in [9.17, 15) is 13.2 Å². The van der Waals surface area contributed by atoms with Gasteiger partial charge in [0.2, 0.25) is 15.9 Å². The van der Waals surface area contributed by atoms with Crippen molar-refractivity contribution >= 4 is 21.6 Å². The number of sulfonamides is 1. The van der Waals surface area contributed by atoms with Crippen molar-refractivity contribution in [1.82, 2.24) is 0 Å². The van der Waals surface area contributed by atoms with Gasteiger partial charge in [0.15, 0.2) is 0 Å². The van der Waals surface area contributed by atoms with Crippen molar-refractivity contribution in [3.63, 3.8) is 0 Å². The van der Waals surface area contributed by atoms with E-state index < -0.39 is 10.0 Å². The van der Waals surface area contributed by atoms with Crippen molar-refractivity contribution in [3.05, 3.63) is 24.3 Å². The van der Waals surface area contributed by atoms with Crippen molar-refractivity contribution in [2.75, 3.05) is 18.5 Å². The SMILES string of the molecule is CCOCCCC(=O)Nc1ccccc1S(N)(=O)=O. The maximum absolute atomic E-state index is 11.7. The van der Waals surface area contributed by atoms with Crippen LogP contribution in [-0.4, -0.2) is 27.5 Å². The number of amides is 1. The number of nitrogens with one attached hydrogen (secondary N) is 1. The van der Waals surface area contributed by atoms with Gasteiger partial charge in [-0.3, -0.25) is 4.79 Å². The third kappa shape index (κ3) is 5.37. The molecule has 0 saturated carbocycles. The van der Waals surface area contributed by atoms with Gasteiger partial charge in [-0.2, -0.15) is 0 Å². The lowest BCUT2D eigenvalue weighted by Gasteiger charge is -2.09. The maximum atomic E-state index is 11.7. The summed E-state index contributed by atoms with van der Waals surface area (Å²) in [5.74, 6) is -0.268. The number of anilines is 1. The smallest absolute Gasteiger partial charge is 0.240 e. The first-order chi connectivity index (χ1) is 8.95. The average Bonchev–Trinajstić information content (AvgIpc) is 2.34. The summed E-state index contributed by atoms with van der Waals surface area (Å²) in [6, 6.07) is 6.03. The first-order valence-electron chi connectivity index (χ1n) is 5.94.